The lowest BCUT2D eigenvalue weighted by Gasteiger charge is -2.45. The summed E-state index contributed by atoms with van der Waals surface area (Å²) in [5, 5.41) is 0. The van der Waals surface area contributed by atoms with E-state index in [2.05, 4.69) is 0 Å². The normalized spacial score (nSPS) is 29.7. The van der Waals surface area contributed by atoms with Crippen LogP contribution in [-0.4, -0.2) is 43.2 Å². The summed E-state index contributed by atoms with van der Waals surface area (Å²) in [6.07, 6.45) is 3.07. The molecule has 0 aromatic heterocycles. The van der Waals surface area contributed by atoms with Crippen molar-refractivity contribution in [2.24, 2.45) is 11.1 Å². The molecule has 4 nitrogen and oxygen atoms in total. The van der Waals surface area contributed by atoms with Crippen LogP contribution in [0.2, 0.25) is 0 Å². The minimum Gasteiger partial charge on any atom is -0.377 e. The number of hydrogen-bond donors (Lipinski definition) is 1. The number of rotatable bonds is 2. The fourth-order valence-corrected chi connectivity index (χ4v) is 2.44. The van der Waals surface area contributed by atoms with Crippen molar-refractivity contribution in [1.29, 1.82) is 0 Å². The predicted octanol–water partition coefficient (Wildman–Crippen LogP) is 0.363. The zero-order valence-corrected chi connectivity index (χ0v) is 9.37. The first-order valence-electron chi connectivity index (χ1n) is 5.78. The second-order valence-corrected chi connectivity index (χ2v) is 4.76. The van der Waals surface area contributed by atoms with Crippen molar-refractivity contribution in [1.82, 2.24) is 4.90 Å². The van der Waals surface area contributed by atoms with E-state index < -0.39 is 0 Å². The highest BCUT2D eigenvalue weighted by Gasteiger charge is 2.46. The lowest BCUT2D eigenvalue weighted by atomic mass is 9.67. The van der Waals surface area contributed by atoms with Crippen molar-refractivity contribution in [3.8, 4) is 0 Å². The summed E-state index contributed by atoms with van der Waals surface area (Å²) in [6, 6.07) is 0.204. The third kappa shape index (κ3) is 1.76. The monoisotopic (exact) mass is 212 g/mol. The number of carbonyl (C=O) groups excluding carboxylic acids is 1. The molecule has 1 aliphatic carbocycles. The molecule has 0 radical (unpaired) electrons. The van der Waals surface area contributed by atoms with E-state index in [0.717, 1.165) is 25.8 Å². The van der Waals surface area contributed by atoms with Crippen molar-refractivity contribution in [2.75, 3.05) is 26.3 Å². The SMILES string of the molecule is CC1COCCN1C(=O)C1(CN)CCC1. The highest BCUT2D eigenvalue weighted by molar-refractivity contribution is 5.84. The zero-order chi connectivity index (χ0) is 10.9. The van der Waals surface area contributed by atoms with Gasteiger partial charge in [-0.05, 0) is 19.8 Å². The molecule has 1 saturated carbocycles. The first-order valence-corrected chi connectivity index (χ1v) is 5.78. The minimum absolute atomic E-state index is 0.204. The molecule has 0 spiro atoms. The fraction of sp³-hybridized carbons (Fsp3) is 0.909. The number of carbonyl (C=O) groups is 1. The van der Waals surface area contributed by atoms with Crippen LogP contribution in [0.25, 0.3) is 0 Å². The van der Waals surface area contributed by atoms with Crippen LogP contribution in [0.15, 0.2) is 0 Å². The zero-order valence-electron chi connectivity index (χ0n) is 9.37. The van der Waals surface area contributed by atoms with Gasteiger partial charge >= 0.3 is 0 Å². The molecule has 2 aliphatic rings. The topological polar surface area (TPSA) is 55.6 Å². The largest absolute Gasteiger partial charge is 0.377 e. The lowest BCUT2D eigenvalue weighted by molar-refractivity contribution is -0.154. The molecule has 0 aromatic carbocycles. The summed E-state index contributed by atoms with van der Waals surface area (Å²) in [5.74, 6) is 0.257. The molecule has 1 saturated heterocycles. The van der Waals surface area contributed by atoms with Crippen LogP contribution < -0.4 is 5.73 Å². The maximum atomic E-state index is 12.3. The number of hydrogen-bond acceptors (Lipinski definition) is 3. The molecule has 0 aromatic rings. The molecule has 2 rings (SSSR count). The smallest absolute Gasteiger partial charge is 0.230 e. The Morgan fingerprint density at radius 2 is 2.33 bits per heavy atom. The Hall–Kier alpha value is -0.610. The van der Waals surface area contributed by atoms with Crippen LogP contribution in [0.3, 0.4) is 0 Å². The third-order valence-electron chi connectivity index (χ3n) is 3.78. The van der Waals surface area contributed by atoms with Crippen molar-refractivity contribution in [3.05, 3.63) is 0 Å². The minimum atomic E-state index is -0.231. The number of nitrogens with two attached hydrogens (primary N) is 1. The summed E-state index contributed by atoms with van der Waals surface area (Å²) < 4.78 is 5.33. The molecule has 15 heavy (non-hydrogen) atoms. The Bertz CT molecular complexity index is 245. The van der Waals surface area contributed by atoms with Gasteiger partial charge < -0.3 is 15.4 Å². The molecule has 2 fully saturated rings. The Labute approximate surface area is 90.8 Å². The fourth-order valence-electron chi connectivity index (χ4n) is 2.44. The van der Waals surface area contributed by atoms with Crippen LogP contribution in [0.4, 0.5) is 0 Å². The molecule has 4 heteroatoms. The first-order chi connectivity index (χ1) is 7.19. The van der Waals surface area contributed by atoms with E-state index in [4.69, 9.17) is 10.5 Å². The van der Waals surface area contributed by atoms with Gasteiger partial charge in [0.05, 0.1) is 24.7 Å². The van der Waals surface area contributed by atoms with E-state index in [1.165, 1.54) is 0 Å². The predicted molar refractivity (Wildman–Crippen MR) is 57.3 cm³/mol. The number of ether oxygens (including phenoxy) is 1. The third-order valence-corrected chi connectivity index (χ3v) is 3.78. The van der Waals surface area contributed by atoms with Crippen LogP contribution in [0.1, 0.15) is 26.2 Å². The highest BCUT2D eigenvalue weighted by atomic mass is 16.5. The van der Waals surface area contributed by atoms with Gasteiger partial charge in [0.25, 0.3) is 0 Å². The van der Waals surface area contributed by atoms with Crippen LogP contribution in [-0.2, 0) is 9.53 Å². The van der Waals surface area contributed by atoms with E-state index in [0.29, 0.717) is 19.8 Å². The first kappa shape index (κ1) is 10.9. The van der Waals surface area contributed by atoms with Gasteiger partial charge in [0.15, 0.2) is 0 Å². The van der Waals surface area contributed by atoms with Crippen molar-refractivity contribution in [3.63, 3.8) is 0 Å². The molecular formula is C11H20N2O2. The molecule has 1 heterocycles. The average Bonchev–Trinajstić information content (AvgIpc) is 2.17. The van der Waals surface area contributed by atoms with Gasteiger partial charge in [-0.2, -0.15) is 0 Å². The van der Waals surface area contributed by atoms with Gasteiger partial charge in [0.2, 0.25) is 5.91 Å². The molecule has 2 N–H and O–H groups in total. The van der Waals surface area contributed by atoms with Crippen LogP contribution in [0, 0.1) is 5.41 Å². The van der Waals surface area contributed by atoms with E-state index in [1.54, 1.807) is 0 Å². The maximum Gasteiger partial charge on any atom is 0.230 e. The second-order valence-electron chi connectivity index (χ2n) is 4.76. The summed E-state index contributed by atoms with van der Waals surface area (Å²) in [6.45, 7) is 4.58. The van der Waals surface area contributed by atoms with Gasteiger partial charge in [0, 0.05) is 13.1 Å². The average molecular weight is 212 g/mol. The summed E-state index contributed by atoms with van der Waals surface area (Å²) >= 11 is 0. The summed E-state index contributed by atoms with van der Waals surface area (Å²) in [5.41, 5.74) is 5.51. The van der Waals surface area contributed by atoms with Gasteiger partial charge in [-0.15, -0.1) is 0 Å². The van der Waals surface area contributed by atoms with Gasteiger partial charge in [-0.1, -0.05) is 6.42 Å². The van der Waals surface area contributed by atoms with E-state index in [1.807, 2.05) is 11.8 Å². The van der Waals surface area contributed by atoms with Crippen molar-refractivity contribution >= 4 is 5.91 Å². The van der Waals surface area contributed by atoms with Gasteiger partial charge in [-0.3, -0.25) is 4.79 Å². The van der Waals surface area contributed by atoms with E-state index in [-0.39, 0.29) is 17.4 Å². The molecular weight excluding hydrogens is 192 g/mol. The number of morpholine rings is 1. The van der Waals surface area contributed by atoms with E-state index in [9.17, 15) is 4.79 Å². The quantitative estimate of drug-likeness (QED) is 0.719. The van der Waals surface area contributed by atoms with Gasteiger partial charge in [-0.25, -0.2) is 0 Å². The molecule has 1 unspecified atom stereocenters. The van der Waals surface area contributed by atoms with Crippen molar-refractivity contribution < 1.29 is 9.53 Å². The maximum absolute atomic E-state index is 12.3. The molecule has 0 bridgehead atoms. The van der Waals surface area contributed by atoms with E-state index >= 15 is 0 Å². The standard InChI is InChI=1S/C11H20N2O2/c1-9-7-15-6-5-13(9)10(14)11(8-12)3-2-4-11/h9H,2-8,12H2,1H3. The Kier molecular flexibility index (Phi) is 2.98. The summed E-state index contributed by atoms with van der Waals surface area (Å²) in [7, 11) is 0. The van der Waals surface area contributed by atoms with Crippen LogP contribution >= 0.6 is 0 Å². The molecule has 86 valence electrons. The Balaban J connectivity index is 2.05. The highest BCUT2D eigenvalue weighted by Crippen LogP contribution is 2.42. The lowest BCUT2D eigenvalue weighted by Crippen LogP contribution is -2.57. The summed E-state index contributed by atoms with van der Waals surface area (Å²) in [4.78, 5) is 14.3. The number of amides is 1. The van der Waals surface area contributed by atoms with Gasteiger partial charge in [0.1, 0.15) is 0 Å². The molecule has 1 amide bonds. The number of nitrogens with zero attached hydrogens (tertiary/aromatic N) is 1. The molecule has 1 atom stereocenters. The molecule has 1 aliphatic heterocycles. The Morgan fingerprint density at radius 3 is 2.80 bits per heavy atom. The Morgan fingerprint density at radius 1 is 1.60 bits per heavy atom. The van der Waals surface area contributed by atoms with Crippen molar-refractivity contribution in [2.45, 2.75) is 32.2 Å². The van der Waals surface area contributed by atoms with Crippen LogP contribution in [0.5, 0.6) is 0 Å². The second kappa shape index (κ2) is 4.10.